The highest BCUT2D eigenvalue weighted by atomic mass is 16.3. The van der Waals surface area contributed by atoms with E-state index in [0.29, 0.717) is 18.1 Å². The van der Waals surface area contributed by atoms with Crippen LogP contribution in [0.4, 0.5) is 5.82 Å². The van der Waals surface area contributed by atoms with Crippen LogP contribution in [0.5, 0.6) is 0 Å². The zero-order valence-electron chi connectivity index (χ0n) is 11.5. The number of aromatic nitrogens is 3. The van der Waals surface area contributed by atoms with Crippen molar-refractivity contribution in [1.29, 1.82) is 0 Å². The van der Waals surface area contributed by atoms with Gasteiger partial charge in [0.15, 0.2) is 0 Å². The molecule has 0 aliphatic heterocycles. The lowest BCUT2D eigenvalue weighted by Gasteiger charge is -2.12. The summed E-state index contributed by atoms with van der Waals surface area (Å²) in [5.41, 5.74) is 7.72. The number of nitrogens with zero attached hydrogens (tertiary/aromatic N) is 4. The number of nitrogen functional groups attached to an aromatic ring is 1. The molecule has 2 aromatic heterocycles. The van der Waals surface area contributed by atoms with Crippen LogP contribution >= 0.6 is 0 Å². The molecule has 20 heavy (non-hydrogen) atoms. The molecule has 0 spiro atoms. The summed E-state index contributed by atoms with van der Waals surface area (Å²) < 4.78 is 2.03. The van der Waals surface area contributed by atoms with E-state index in [2.05, 4.69) is 15.0 Å². The van der Waals surface area contributed by atoms with Gasteiger partial charge >= 0.3 is 0 Å². The van der Waals surface area contributed by atoms with Gasteiger partial charge in [-0.2, -0.15) is 0 Å². The molecule has 3 rings (SSSR count). The lowest BCUT2D eigenvalue weighted by Crippen LogP contribution is -2.08. The number of anilines is 1. The third-order valence-corrected chi connectivity index (χ3v) is 3.50. The first kappa shape index (κ1) is 12.8. The Morgan fingerprint density at radius 2 is 2.25 bits per heavy atom. The molecule has 1 aliphatic rings. The van der Waals surface area contributed by atoms with Gasteiger partial charge in [0.1, 0.15) is 17.3 Å². The largest absolute Gasteiger partial charge is 0.389 e. The molecule has 6 heteroatoms. The summed E-state index contributed by atoms with van der Waals surface area (Å²) in [7, 11) is 1.72. The Morgan fingerprint density at radius 3 is 2.90 bits per heavy atom. The Hall–Kier alpha value is -2.21. The van der Waals surface area contributed by atoms with Crippen LogP contribution in [0.25, 0.3) is 11.0 Å². The molecule has 0 bridgehead atoms. The summed E-state index contributed by atoms with van der Waals surface area (Å²) in [4.78, 5) is 12.8. The maximum atomic E-state index is 9.67. The Morgan fingerprint density at radius 1 is 1.45 bits per heavy atom. The minimum Gasteiger partial charge on any atom is -0.389 e. The minimum atomic E-state index is -0.402. The normalized spacial score (nSPS) is 22.4. The number of aliphatic hydroxyl groups excluding tert-OH is 1. The fourth-order valence-corrected chi connectivity index (χ4v) is 2.68. The Bertz CT molecular complexity index is 716. The first-order valence-corrected chi connectivity index (χ1v) is 6.53. The first-order chi connectivity index (χ1) is 9.60. The predicted molar refractivity (Wildman–Crippen MR) is 79.0 cm³/mol. The molecule has 0 amide bonds. The molecule has 2 heterocycles. The molecule has 0 aromatic carbocycles. The average molecular weight is 271 g/mol. The van der Waals surface area contributed by atoms with Gasteiger partial charge in [-0.3, -0.25) is 4.99 Å². The van der Waals surface area contributed by atoms with Crippen LogP contribution < -0.4 is 5.73 Å². The molecule has 104 valence electrons. The molecule has 2 atom stereocenters. The SMILES string of the molecule is CN=Cc1cn([C@H]2C=C[C@@H](O)C2)c2nc(C)nc(N)c12. The van der Waals surface area contributed by atoms with Crippen LogP contribution in [0.1, 0.15) is 23.9 Å². The molecule has 0 fully saturated rings. The van der Waals surface area contributed by atoms with Crippen molar-refractivity contribution >= 4 is 23.1 Å². The fraction of sp³-hybridized carbons (Fsp3) is 0.357. The van der Waals surface area contributed by atoms with Crippen molar-refractivity contribution in [2.75, 3.05) is 12.8 Å². The average Bonchev–Trinajstić information content (AvgIpc) is 2.94. The summed E-state index contributed by atoms with van der Waals surface area (Å²) in [5.74, 6) is 1.10. The van der Waals surface area contributed by atoms with Gasteiger partial charge in [-0.25, -0.2) is 9.97 Å². The molecule has 3 N–H and O–H groups in total. The van der Waals surface area contributed by atoms with Crippen molar-refractivity contribution in [3.8, 4) is 0 Å². The van der Waals surface area contributed by atoms with Crippen LogP contribution in [0.15, 0.2) is 23.3 Å². The van der Waals surface area contributed by atoms with Gasteiger partial charge in [-0.15, -0.1) is 0 Å². The van der Waals surface area contributed by atoms with E-state index in [0.717, 1.165) is 16.6 Å². The highest BCUT2D eigenvalue weighted by molar-refractivity contribution is 6.03. The van der Waals surface area contributed by atoms with E-state index in [1.54, 1.807) is 13.3 Å². The van der Waals surface area contributed by atoms with Gasteiger partial charge < -0.3 is 15.4 Å². The fourth-order valence-electron chi connectivity index (χ4n) is 2.68. The Balaban J connectivity index is 2.24. The molecular formula is C14H17N5O. The van der Waals surface area contributed by atoms with Gasteiger partial charge in [-0.1, -0.05) is 12.2 Å². The van der Waals surface area contributed by atoms with E-state index in [4.69, 9.17) is 5.73 Å². The molecule has 0 radical (unpaired) electrons. The van der Waals surface area contributed by atoms with E-state index in [-0.39, 0.29) is 6.04 Å². The standard InChI is InChI=1S/C14H17N5O/c1-8-17-13(15)12-9(6-16-2)7-19(14(12)18-8)10-3-4-11(20)5-10/h3-4,6-7,10-11,20H,5H2,1-2H3,(H2,15,17,18)/t10-,11+/m0/s1. The van der Waals surface area contributed by atoms with E-state index >= 15 is 0 Å². The number of rotatable bonds is 2. The summed E-state index contributed by atoms with van der Waals surface area (Å²) in [6.45, 7) is 1.82. The molecule has 0 saturated carbocycles. The number of hydrogen-bond acceptors (Lipinski definition) is 5. The molecular weight excluding hydrogens is 254 g/mol. The van der Waals surface area contributed by atoms with Crippen molar-refractivity contribution in [3.05, 3.63) is 29.7 Å². The predicted octanol–water partition coefficient (Wildman–Crippen LogP) is 1.23. The Labute approximate surface area is 116 Å². The third-order valence-electron chi connectivity index (χ3n) is 3.50. The second-order valence-electron chi connectivity index (χ2n) is 4.99. The summed E-state index contributed by atoms with van der Waals surface area (Å²) >= 11 is 0. The van der Waals surface area contributed by atoms with Crippen molar-refractivity contribution in [3.63, 3.8) is 0 Å². The minimum absolute atomic E-state index is 0.0835. The van der Waals surface area contributed by atoms with Crippen molar-refractivity contribution in [2.45, 2.75) is 25.5 Å². The highest BCUT2D eigenvalue weighted by Crippen LogP contribution is 2.31. The van der Waals surface area contributed by atoms with Gasteiger partial charge in [0.2, 0.25) is 0 Å². The lowest BCUT2D eigenvalue weighted by molar-refractivity contribution is 0.211. The van der Waals surface area contributed by atoms with E-state index in [1.807, 2.05) is 29.8 Å². The maximum absolute atomic E-state index is 9.67. The number of nitrogens with two attached hydrogens (primary N) is 1. The molecule has 0 saturated heterocycles. The zero-order chi connectivity index (χ0) is 14.3. The van der Waals surface area contributed by atoms with Gasteiger partial charge in [0, 0.05) is 31.4 Å². The van der Waals surface area contributed by atoms with Crippen LogP contribution in [0, 0.1) is 6.92 Å². The number of fused-ring (bicyclic) bond motifs is 1. The molecule has 0 unspecified atom stereocenters. The number of hydrogen-bond donors (Lipinski definition) is 2. The summed E-state index contributed by atoms with van der Waals surface area (Å²) in [5, 5.41) is 10.5. The third kappa shape index (κ3) is 1.98. The number of aliphatic imine (C=N–C) groups is 1. The van der Waals surface area contributed by atoms with Gasteiger partial charge in [-0.05, 0) is 6.92 Å². The zero-order valence-corrected chi connectivity index (χ0v) is 11.5. The van der Waals surface area contributed by atoms with Crippen LogP contribution in [0.3, 0.4) is 0 Å². The second-order valence-corrected chi connectivity index (χ2v) is 4.99. The van der Waals surface area contributed by atoms with Gasteiger partial charge in [0.25, 0.3) is 0 Å². The van der Waals surface area contributed by atoms with Crippen LogP contribution in [0.2, 0.25) is 0 Å². The summed E-state index contributed by atoms with van der Waals surface area (Å²) in [6, 6.07) is 0.0835. The van der Waals surface area contributed by atoms with E-state index < -0.39 is 6.10 Å². The van der Waals surface area contributed by atoms with Crippen LogP contribution in [-0.2, 0) is 0 Å². The van der Waals surface area contributed by atoms with Crippen LogP contribution in [-0.4, -0.2) is 39.0 Å². The Kier molecular flexibility index (Phi) is 3.02. The van der Waals surface area contributed by atoms with Crippen molar-refractivity contribution < 1.29 is 5.11 Å². The number of aryl methyl sites for hydroxylation is 1. The number of allylic oxidation sites excluding steroid dienone is 1. The topological polar surface area (TPSA) is 89.3 Å². The molecule has 1 aliphatic carbocycles. The second kappa shape index (κ2) is 4.72. The molecule has 2 aromatic rings. The lowest BCUT2D eigenvalue weighted by atomic mass is 10.2. The smallest absolute Gasteiger partial charge is 0.147 e. The van der Waals surface area contributed by atoms with E-state index in [1.165, 1.54) is 0 Å². The highest BCUT2D eigenvalue weighted by Gasteiger charge is 2.22. The van der Waals surface area contributed by atoms with Crippen molar-refractivity contribution in [1.82, 2.24) is 14.5 Å². The molecule has 6 nitrogen and oxygen atoms in total. The maximum Gasteiger partial charge on any atom is 0.147 e. The summed E-state index contributed by atoms with van der Waals surface area (Å²) in [6.07, 6.45) is 7.76. The quantitative estimate of drug-likeness (QED) is 0.635. The number of aliphatic hydroxyl groups is 1. The van der Waals surface area contributed by atoms with Gasteiger partial charge in [0.05, 0.1) is 17.5 Å². The first-order valence-electron chi connectivity index (χ1n) is 6.53. The van der Waals surface area contributed by atoms with Crippen molar-refractivity contribution in [2.24, 2.45) is 4.99 Å². The van der Waals surface area contributed by atoms with E-state index in [9.17, 15) is 5.11 Å². The monoisotopic (exact) mass is 271 g/mol.